The summed E-state index contributed by atoms with van der Waals surface area (Å²) in [6, 6.07) is 6.37. The molecule has 0 heterocycles. The minimum absolute atomic E-state index is 0.0306. The first kappa shape index (κ1) is 24.8. The van der Waals surface area contributed by atoms with Gasteiger partial charge in [0.2, 0.25) is 5.91 Å². The Bertz CT molecular complexity index is 598. The lowest BCUT2D eigenvalue weighted by atomic mass is 9.91. The zero-order valence-corrected chi connectivity index (χ0v) is 19.6. The Morgan fingerprint density at radius 2 is 1.61 bits per heavy atom. The molecule has 4 heteroatoms. The van der Waals surface area contributed by atoms with Crippen LogP contribution in [0, 0.1) is 11.8 Å². The molecule has 0 N–H and O–H groups in total. The van der Waals surface area contributed by atoms with Crippen LogP contribution >= 0.6 is 8.46 Å². The number of anilines is 1. The second kappa shape index (κ2) is 13.9. The third kappa shape index (κ3) is 8.86. The first-order chi connectivity index (χ1) is 13.4. The first-order valence-corrected chi connectivity index (χ1v) is 12.1. The van der Waals surface area contributed by atoms with Gasteiger partial charge in [-0.05, 0) is 48.3 Å². The van der Waals surface area contributed by atoms with Crippen molar-refractivity contribution in [3.63, 3.8) is 0 Å². The Labute approximate surface area is 174 Å². The molecule has 0 radical (unpaired) electrons. The van der Waals surface area contributed by atoms with Crippen molar-refractivity contribution in [1.29, 1.82) is 0 Å². The summed E-state index contributed by atoms with van der Waals surface area (Å²) in [4.78, 5) is 14.7. The summed E-state index contributed by atoms with van der Waals surface area (Å²) >= 11 is 0. The molecule has 0 bridgehead atoms. The van der Waals surface area contributed by atoms with Gasteiger partial charge < -0.3 is 4.90 Å². The summed E-state index contributed by atoms with van der Waals surface area (Å²) in [6.45, 7) is 11.9. The Morgan fingerprint density at radius 1 is 0.964 bits per heavy atom. The highest BCUT2D eigenvalue weighted by Crippen LogP contribution is 2.29. The third-order valence-corrected chi connectivity index (χ3v) is 5.42. The van der Waals surface area contributed by atoms with Crippen LogP contribution in [-0.4, -0.2) is 18.6 Å². The van der Waals surface area contributed by atoms with Crippen molar-refractivity contribution in [3.8, 4) is 0 Å². The van der Waals surface area contributed by atoms with E-state index in [1.165, 1.54) is 36.8 Å². The van der Waals surface area contributed by atoms with Crippen molar-refractivity contribution in [3.05, 3.63) is 29.3 Å². The Hall–Kier alpha value is -1.21. The van der Waals surface area contributed by atoms with Crippen molar-refractivity contribution in [1.82, 2.24) is 0 Å². The van der Waals surface area contributed by atoms with Crippen LogP contribution in [0.4, 0.5) is 5.69 Å². The van der Waals surface area contributed by atoms with Gasteiger partial charge >= 0.3 is 0 Å². The summed E-state index contributed by atoms with van der Waals surface area (Å²) < 4.78 is 11.1. The molecular weight excluding hydrogens is 365 g/mol. The van der Waals surface area contributed by atoms with Gasteiger partial charge in [-0.2, -0.15) is 0 Å². The lowest BCUT2D eigenvalue weighted by Gasteiger charge is -2.27. The number of amides is 1. The smallest absolute Gasteiger partial charge is 0.238 e. The van der Waals surface area contributed by atoms with Gasteiger partial charge in [-0.3, -0.25) is 9.36 Å². The molecule has 0 aromatic heterocycles. The normalized spacial score (nSPS) is 11.5. The van der Waals surface area contributed by atoms with Gasteiger partial charge in [-0.25, -0.2) is 0 Å². The summed E-state index contributed by atoms with van der Waals surface area (Å²) in [6.07, 6.45) is 9.22. The van der Waals surface area contributed by atoms with Crippen LogP contribution in [-0.2, 0) is 22.2 Å². The number of rotatable bonds is 14. The predicted molar refractivity (Wildman–Crippen MR) is 122 cm³/mol. The Balaban J connectivity index is 3.08. The number of hydrogen-bond donors (Lipinski definition) is 0. The molecular formula is C24H40NO2P. The number of carbonyl (C=O) groups is 1. The lowest BCUT2D eigenvalue weighted by Crippen LogP contribution is -2.34. The molecule has 0 atom stereocenters. The maximum atomic E-state index is 12.8. The molecule has 0 saturated carbocycles. The molecule has 0 unspecified atom stereocenters. The molecule has 0 aliphatic carbocycles. The Morgan fingerprint density at radius 3 is 2.21 bits per heavy atom. The van der Waals surface area contributed by atoms with Gasteiger partial charge in [0.25, 0.3) is 0 Å². The number of nitrogens with zero attached hydrogens (tertiary/aromatic N) is 1. The quantitative estimate of drug-likeness (QED) is 0.245. The topological polar surface area (TPSA) is 37.4 Å². The highest BCUT2D eigenvalue weighted by molar-refractivity contribution is 7.25. The first-order valence-electron chi connectivity index (χ1n) is 11.1. The summed E-state index contributed by atoms with van der Waals surface area (Å²) in [5.74, 6) is 1.07. The fraction of sp³-hybridized carbons (Fsp3) is 0.708. The molecule has 3 nitrogen and oxygen atoms in total. The number of benzene rings is 1. The standard InChI is InChI=1S/C24H40NO2P/c1-6-7-8-9-10-11-15-25(24(26)18-28-27)23-14-12-13-21(16-19(2)3)22(23)17-20(4)5/h12-14,19-20H,6-11,15-18H2,1-5H3. The number of carbonyl (C=O) groups excluding carboxylic acids is 1. The minimum atomic E-state index is -0.0987. The van der Waals surface area contributed by atoms with E-state index < -0.39 is 0 Å². The van der Waals surface area contributed by atoms with Crippen LogP contribution in [0.5, 0.6) is 0 Å². The fourth-order valence-corrected chi connectivity index (χ4v) is 4.00. The summed E-state index contributed by atoms with van der Waals surface area (Å²) in [5, 5.41) is 0. The number of hydrogen-bond acceptors (Lipinski definition) is 2. The van der Waals surface area contributed by atoms with Gasteiger partial charge in [-0.15, -0.1) is 0 Å². The van der Waals surface area contributed by atoms with Crippen LogP contribution in [0.2, 0.25) is 0 Å². The van der Waals surface area contributed by atoms with Crippen molar-refractivity contribution < 1.29 is 9.36 Å². The zero-order valence-electron chi connectivity index (χ0n) is 18.7. The van der Waals surface area contributed by atoms with E-state index in [1.54, 1.807) is 0 Å². The predicted octanol–water partition coefficient (Wildman–Crippen LogP) is 7.07. The van der Waals surface area contributed by atoms with Crippen LogP contribution in [0.1, 0.15) is 84.3 Å². The molecule has 28 heavy (non-hydrogen) atoms. The average molecular weight is 406 g/mol. The van der Waals surface area contributed by atoms with E-state index in [0.717, 1.165) is 37.9 Å². The van der Waals surface area contributed by atoms with E-state index in [2.05, 4.69) is 52.8 Å². The molecule has 1 aromatic carbocycles. The van der Waals surface area contributed by atoms with Gasteiger partial charge in [0.1, 0.15) is 6.16 Å². The molecule has 0 aliphatic heterocycles. The third-order valence-electron chi connectivity index (χ3n) is 5.02. The molecule has 1 aromatic rings. The minimum Gasteiger partial charge on any atom is -0.311 e. The van der Waals surface area contributed by atoms with Gasteiger partial charge in [0.15, 0.2) is 8.46 Å². The molecule has 1 amide bonds. The maximum Gasteiger partial charge on any atom is 0.238 e. The van der Waals surface area contributed by atoms with Gasteiger partial charge in [0, 0.05) is 12.2 Å². The SMILES string of the molecule is CCCCCCCCN(C(=O)CP=O)c1cccc(CC(C)C)c1CC(C)C. The largest absolute Gasteiger partial charge is 0.311 e. The van der Waals surface area contributed by atoms with E-state index in [0.29, 0.717) is 11.8 Å². The molecule has 0 saturated heterocycles. The fourth-order valence-electron chi connectivity index (χ4n) is 3.72. The summed E-state index contributed by atoms with van der Waals surface area (Å²) in [7, 11) is -0.0987. The van der Waals surface area contributed by atoms with E-state index in [1.807, 2.05) is 4.90 Å². The summed E-state index contributed by atoms with van der Waals surface area (Å²) in [5.41, 5.74) is 3.68. The van der Waals surface area contributed by atoms with E-state index in [-0.39, 0.29) is 20.5 Å². The van der Waals surface area contributed by atoms with Crippen LogP contribution in [0.25, 0.3) is 0 Å². The van der Waals surface area contributed by atoms with E-state index in [9.17, 15) is 9.36 Å². The monoisotopic (exact) mass is 405 g/mol. The zero-order chi connectivity index (χ0) is 20.9. The van der Waals surface area contributed by atoms with Crippen LogP contribution in [0.15, 0.2) is 18.2 Å². The highest BCUT2D eigenvalue weighted by atomic mass is 31.1. The Kier molecular flexibility index (Phi) is 12.3. The molecule has 1 rings (SSSR count). The van der Waals surface area contributed by atoms with Gasteiger partial charge in [-0.1, -0.05) is 78.9 Å². The molecule has 0 aliphatic rings. The van der Waals surface area contributed by atoms with E-state index in [4.69, 9.17) is 0 Å². The van der Waals surface area contributed by atoms with Crippen LogP contribution in [0.3, 0.4) is 0 Å². The van der Waals surface area contributed by atoms with E-state index >= 15 is 0 Å². The van der Waals surface area contributed by atoms with Crippen molar-refractivity contribution >= 4 is 20.1 Å². The molecule has 0 fully saturated rings. The highest BCUT2D eigenvalue weighted by Gasteiger charge is 2.21. The average Bonchev–Trinajstić information content (AvgIpc) is 2.62. The van der Waals surface area contributed by atoms with Crippen LogP contribution < -0.4 is 4.90 Å². The number of unbranched alkanes of at least 4 members (excludes halogenated alkanes) is 5. The van der Waals surface area contributed by atoms with Crippen molar-refractivity contribution in [2.75, 3.05) is 17.6 Å². The second-order valence-corrected chi connectivity index (χ2v) is 9.29. The van der Waals surface area contributed by atoms with Crippen molar-refractivity contribution in [2.24, 2.45) is 11.8 Å². The molecule has 0 spiro atoms. The second-order valence-electron chi connectivity index (χ2n) is 8.71. The van der Waals surface area contributed by atoms with Crippen molar-refractivity contribution in [2.45, 2.75) is 86.0 Å². The van der Waals surface area contributed by atoms with Gasteiger partial charge in [0.05, 0.1) is 0 Å². The maximum absolute atomic E-state index is 12.8. The lowest BCUT2D eigenvalue weighted by molar-refractivity contribution is -0.116. The molecule has 158 valence electrons.